The molecule has 0 spiro atoms. The quantitative estimate of drug-likeness (QED) is 0.801. The largest absolute Gasteiger partial charge is 0.304 e. The molecule has 2 aromatic heterocycles. The SMILES string of the molecule is CCn1ccc(NC(=O)c2sc(C)nc2-c2ccccc2)n1. The zero-order valence-corrected chi connectivity index (χ0v) is 13.2. The van der Waals surface area contributed by atoms with E-state index in [1.54, 1.807) is 10.7 Å². The zero-order valence-electron chi connectivity index (χ0n) is 12.4. The van der Waals surface area contributed by atoms with Gasteiger partial charge in [-0.3, -0.25) is 9.48 Å². The average molecular weight is 312 g/mol. The summed E-state index contributed by atoms with van der Waals surface area (Å²) < 4.78 is 1.77. The van der Waals surface area contributed by atoms with Crippen LogP contribution in [0.5, 0.6) is 0 Å². The number of aromatic nitrogens is 3. The lowest BCUT2D eigenvalue weighted by Gasteiger charge is -2.03. The molecule has 3 aromatic rings. The molecule has 22 heavy (non-hydrogen) atoms. The van der Waals surface area contributed by atoms with Gasteiger partial charge in [-0.15, -0.1) is 11.3 Å². The van der Waals surface area contributed by atoms with Gasteiger partial charge < -0.3 is 5.32 Å². The fourth-order valence-electron chi connectivity index (χ4n) is 2.15. The van der Waals surface area contributed by atoms with Gasteiger partial charge in [-0.05, 0) is 13.8 Å². The van der Waals surface area contributed by atoms with Gasteiger partial charge in [0.15, 0.2) is 5.82 Å². The first-order chi connectivity index (χ1) is 10.7. The number of hydrogen-bond donors (Lipinski definition) is 1. The Kier molecular flexibility index (Phi) is 4.02. The molecule has 1 amide bonds. The fourth-order valence-corrected chi connectivity index (χ4v) is 2.99. The Hall–Kier alpha value is -2.47. The number of anilines is 1. The maximum absolute atomic E-state index is 12.5. The van der Waals surface area contributed by atoms with Gasteiger partial charge in [-0.2, -0.15) is 5.10 Å². The lowest BCUT2D eigenvalue weighted by atomic mass is 10.1. The topological polar surface area (TPSA) is 59.8 Å². The van der Waals surface area contributed by atoms with E-state index in [9.17, 15) is 4.79 Å². The van der Waals surface area contributed by atoms with Crippen molar-refractivity contribution in [3.8, 4) is 11.3 Å². The molecule has 0 fully saturated rings. The van der Waals surface area contributed by atoms with Gasteiger partial charge in [-0.25, -0.2) is 4.98 Å². The van der Waals surface area contributed by atoms with E-state index < -0.39 is 0 Å². The summed E-state index contributed by atoms with van der Waals surface area (Å²) in [5.41, 5.74) is 1.66. The Morgan fingerprint density at radius 2 is 2.05 bits per heavy atom. The van der Waals surface area contributed by atoms with E-state index in [0.717, 1.165) is 22.8 Å². The minimum absolute atomic E-state index is 0.175. The monoisotopic (exact) mass is 312 g/mol. The molecule has 0 atom stereocenters. The number of thiazole rings is 1. The first-order valence-electron chi connectivity index (χ1n) is 7.05. The first kappa shape index (κ1) is 14.5. The predicted molar refractivity (Wildman–Crippen MR) is 88.1 cm³/mol. The molecule has 5 nitrogen and oxygen atoms in total. The number of benzene rings is 1. The third-order valence-electron chi connectivity index (χ3n) is 3.19. The Balaban J connectivity index is 1.89. The number of carbonyl (C=O) groups is 1. The maximum atomic E-state index is 12.5. The van der Waals surface area contributed by atoms with E-state index >= 15 is 0 Å². The van der Waals surface area contributed by atoms with Crippen molar-refractivity contribution in [2.24, 2.45) is 0 Å². The molecule has 0 aliphatic rings. The lowest BCUT2D eigenvalue weighted by Crippen LogP contribution is -2.12. The summed E-state index contributed by atoms with van der Waals surface area (Å²) in [5.74, 6) is 0.378. The van der Waals surface area contributed by atoms with Crippen LogP contribution in [0.25, 0.3) is 11.3 Å². The second-order valence-corrected chi connectivity index (χ2v) is 5.99. The normalized spacial score (nSPS) is 10.6. The van der Waals surface area contributed by atoms with Crippen LogP contribution in [-0.4, -0.2) is 20.7 Å². The Labute approximate surface area is 132 Å². The van der Waals surface area contributed by atoms with Crippen LogP contribution in [0.1, 0.15) is 21.6 Å². The van der Waals surface area contributed by atoms with E-state index in [-0.39, 0.29) is 5.91 Å². The molecule has 0 radical (unpaired) electrons. The van der Waals surface area contributed by atoms with Crippen LogP contribution in [0, 0.1) is 6.92 Å². The van der Waals surface area contributed by atoms with Crippen molar-refractivity contribution in [3.63, 3.8) is 0 Å². The number of hydrogen-bond acceptors (Lipinski definition) is 4. The highest BCUT2D eigenvalue weighted by Gasteiger charge is 2.18. The number of amides is 1. The van der Waals surface area contributed by atoms with Crippen LogP contribution in [0.2, 0.25) is 0 Å². The van der Waals surface area contributed by atoms with Crippen LogP contribution in [0.4, 0.5) is 5.82 Å². The van der Waals surface area contributed by atoms with Crippen LogP contribution in [-0.2, 0) is 6.54 Å². The summed E-state index contributed by atoms with van der Waals surface area (Å²) in [5, 5.41) is 7.97. The number of rotatable bonds is 4. The van der Waals surface area contributed by atoms with Gasteiger partial charge in [0.2, 0.25) is 0 Å². The van der Waals surface area contributed by atoms with Gasteiger partial charge in [-0.1, -0.05) is 30.3 Å². The standard InChI is InChI=1S/C16H16N4OS/c1-3-20-10-9-13(19-20)18-16(21)15-14(17-11(2)22-15)12-7-5-4-6-8-12/h4-10H,3H2,1-2H3,(H,18,19,21). The molecule has 0 aliphatic heterocycles. The molecule has 2 heterocycles. The molecule has 1 aromatic carbocycles. The number of nitrogens with zero attached hydrogens (tertiary/aromatic N) is 3. The molecule has 0 bridgehead atoms. The second kappa shape index (κ2) is 6.11. The molecule has 0 saturated heterocycles. The minimum Gasteiger partial charge on any atom is -0.304 e. The summed E-state index contributed by atoms with van der Waals surface area (Å²) in [7, 11) is 0. The summed E-state index contributed by atoms with van der Waals surface area (Å²) in [4.78, 5) is 17.6. The van der Waals surface area contributed by atoms with Crippen molar-refractivity contribution in [2.75, 3.05) is 5.32 Å². The molecular weight excluding hydrogens is 296 g/mol. The van der Waals surface area contributed by atoms with Crippen molar-refractivity contribution in [1.82, 2.24) is 14.8 Å². The summed E-state index contributed by atoms with van der Waals surface area (Å²) in [6.07, 6.45) is 1.84. The van der Waals surface area contributed by atoms with Gasteiger partial charge in [0.05, 0.1) is 10.7 Å². The third kappa shape index (κ3) is 2.92. The predicted octanol–water partition coefficient (Wildman–Crippen LogP) is 3.59. The molecule has 1 N–H and O–H groups in total. The smallest absolute Gasteiger partial charge is 0.269 e. The van der Waals surface area contributed by atoms with E-state index in [2.05, 4.69) is 15.4 Å². The van der Waals surface area contributed by atoms with Crippen molar-refractivity contribution in [3.05, 3.63) is 52.5 Å². The maximum Gasteiger partial charge on any atom is 0.269 e. The Morgan fingerprint density at radius 1 is 1.27 bits per heavy atom. The number of nitrogens with one attached hydrogen (secondary N) is 1. The van der Waals surface area contributed by atoms with E-state index in [4.69, 9.17) is 0 Å². The van der Waals surface area contributed by atoms with Crippen LogP contribution in [0.3, 0.4) is 0 Å². The molecular formula is C16H16N4OS. The molecule has 0 aliphatic carbocycles. The highest BCUT2D eigenvalue weighted by atomic mass is 32.1. The van der Waals surface area contributed by atoms with Crippen LogP contribution < -0.4 is 5.32 Å². The van der Waals surface area contributed by atoms with E-state index in [1.807, 2.05) is 50.4 Å². The summed E-state index contributed by atoms with van der Waals surface area (Å²) in [6, 6.07) is 11.5. The molecule has 3 rings (SSSR count). The molecule has 0 unspecified atom stereocenters. The highest BCUT2D eigenvalue weighted by molar-refractivity contribution is 7.14. The third-order valence-corrected chi connectivity index (χ3v) is 4.16. The fraction of sp³-hybridized carbons (Fsp3) is 0.188. The average Bonchev–Trinajstić information content (AvgIpc) is 3.14. The Morgan fingerprint density at radius 3 is 2.73 bits per heavy atom. The van der Waals surface area contributed by atoms with Gasteiger partial charge >= 0.3 is 0 Å². The highest BCUT2D eigenvalue weighted by Crippen LogP contribution is 2.28. The summed E-state index contributed by atoms with van der Waals surface area (Å²) >= 11 is 1.39. The van der Waals surface area contributed by atoms with Crippen molar-refractivity contribution < 1.29 is 4.79 Å². The van der Waals surface area contributed by atoms with E-state index in [0.29, 0.717) is 10.7 Å². The van der Waals surface area contributed by atoms with E-state index in [1.165, 1.54) is 11.3 Å². The zero-order chi connectivity index (χ0) is 15.5. The van der Waals surface area contributed by atoms with Gasteiger partial charge in [0.1, 0.15) is 4.88 Å². The first-order valence-corrected chi connectivity index (χ1v) is 7.86. The van der Waals surface area contributed by atoms with Crippen molar-refractivity contribution >= 4 is 23.1 Å². The lowest BCUT2D eigenvalue weighted by molar-refractivity contribution is 0.103. The molecule has 6 heteroatoms. The number of aryl methyl sites for hydroxylation is 2. The molecule has 0 saturated carbocycles. The Bertz CT molecular complexity index is 792. The van der Waals surface area contributed by atoms with Gasteiger partial charge in [0, 0.05) is 24.4 Å². The van der Waals surface area contributed by atoms with Crippen molar-refractivity contribution in [1.29, 1.82) is 0 Å². The van der Waals surface area contributed by atoms with Crippen LogP contribution in [0.15, 0.2) is 42.6 Å². The molecule has 112 valence electrons. The second-order valence-electron chi connectivity index (χ2n) is 4.79. The van der Waals surface area contributed by atoms with Gasteiger partial charge in [0.25, 0.3) is 5.91 Å². The minimum atomic E-state index is -0.175. The summed E-state index contributed by atoms with van der Waals surface area (Å²) in [6.45, 7) is 4.67. The van der Waals surface area contributed by atoms with Crippen molar-refractivity contribution in [2.45, 2.75) is 20.4 Å². The van der Waals surface area contributed by atoms with Crippen LogP contribution >= 0.6 is 11.3 Å². The number of carbonyl (C=O) groups excluding carboxylic acids is 1.